The summed E-state index contributed by atoms with van der Waals surface area (Å²) in [5.74, 6) is 0.328. The summed E-state index contributed by atoms with van der Waals surface area (Å²) in [5.41, 5.74) is 6.09. The SMILES string of the molecule is CNC(=O)CSc1nc(N)nc(C)c1Cl. The molecule has 0 aliphatic carbocycles. The maximum absolute atomic E-state index is 11.0. The molecule has 3 N–H and O–H groups in total. The van der Waals surface area contributed by atoms with Gasteiger partial charge in [0, 0.05) is 7.05 Å². The summed E-state index contributed by atoms with van der Waals surface area (Å²) in [4.78, 5) is 18.9. The highest BCUT2D eigenvalue weighted by Gasteiger charge is 2.10. The molecule has 0 aromatic carbocycles. The van der Waals surface area contributed by atoms with Gasteiger partial charge in [0.1, 0.15) is 5.03 Å². The number of anilines is 1. The van der Waals surface area contributed by atoms with Crippen molar-refractivity contribution in [3.8, 4) is 0 Å². The topological polar surface area (TPSA) is 80.9 Å². The molecule has 5 nitrogen and oxygen atoms in total. The Kier molecular flexibility index (Phi) is 4.16. The van der Waals surface area contributed by atoms with Gasteiger partial charge in [-0.1, -0.05) is 23.4 Å². The molecule has 1 amide bonds. The first-order valence-corrected chi connectivity index (χ1v) is 5.54. The van der Waals surface area contributed by atoms with E-state index in [0.717, 1.165) is 0 Å². The van der Waals surface area contributed by atoms with Gasteiger partial charge in [-0.3, -0.25) is 4.79 Å². The number of nitrogens with one attached hydrogen (secondary N) is 1. The zero-order valence-corrected chi connectivity index (χ0v) is 9.95. The van der Waals surface area contributed by atoms with E-state index >= 15 is 0 Å². The molecule has 0 aliphatic heterocycles. The van der Waals surface area contributed by atoms with Gasteiger partial charge in [0.2, 0.25) is 11.9 Å². The number of halogens is 1. The van der Waals surface area contributed by atoms with E-state index in [9.17, 15) is 4.79 Å². The number of nitrogens with two attached hydrogens (primary N) is 1. The second-order valence-electron chi connectivity index (χ2n) is 2.75. The number of aromatic nitrogens is 2. The molecule has 1 rings (SSSR count). The van der Waals surface area contributed by atoms with Crippen molar-refractivity contribution in [2.24, 2.45) is 0 Å². The van der Waals surface area contributed by atoms with Crippen LogP contribution in [0.2, 0.25) is 5.02 Å². The zero-order valence-electron chi connectivity index (χ0n) is 8.37. The highest BCUT2D eigenvalue weighted by molar-refractivity contribution is 8.00. The number of rotatable bonds is 3. The van der Waals surface area contributed by atoms with Crippen LogP contribution in [0, 0.1) is 6.92 Å². The van der Waals surface area contributed by atoms with Crippen molar-refractivity contribution in [2.75, 3.05) is 18.5 Å². The molecule has 0 spiro atoms. The van der Waals surface area contributed by atoms with Crippen molar-refractivity contribution in [3.05, 3.63) is 10.7 Å². The average Bonchev–Trinajstić information content (AvgIpc) is 2.20. The lowest BCUT2D eigenvalue weighted by atomic mass is 10.4. The number of aryl methyl sites for hydroxylation is 1. The molecule has 0 saturated heterocycles. The van der Waals surface area contributed by atoms with E-state index in [4.69, 9.17) is 17.3 Å². The van der Waals surface area contributed by atoms with E-state index in [1.165, 1.54) is 11.8 Å². The summed E-state index contributed by atoms with van der Waals surface area (Å²) in [6, 6.07) is 0. The molecule has 0 fully saturated rings. The van der Waals surface area contributed by atoms with Crippen LogP contribution in [0.4, 0.5) is 5.95 Å². The first kappa shape index (κ1) is 12.1. The minimum absolute atomic E-state index is 0.0918. The molecule has 0 unspecified atom stereocenters. The van der Waals surface area contributed by atoms with E-state index in [1.54, 1.807) is 14.0 Å². The predicted octanol–water partition coefficient (Wildman–Crippen LogP) is 0.859. The van der Waals surface area contributed by atoms with Gasteiger partial charge in [0.05, 0.1) is 16.5 Å². The molecule has 1 heterocycles. The first-order valence-electron chi connectivity index (χ1n) is 4.17. The highest BCUT2D eigenvalue weighted by atomic mass is 35.5. The molecule has 82 valence electrons. The van der Waals surface area contributed by atoms with Gasteiger partial charge in [-0.15, -0.1) is 0 Å². The second-order valence-corrected chi connectivity index (χ2v) is 4.09. The Hall–Kier alpha value is -1.01. The molecule has 0 saturated carbocycles. The fraction of sp³-hybridized carbons (Fsp3) is 0.375. The van der Waals surface area contributed by atoms with Gasteiger partial charge in [-0.05, 0) is 6.92 Å². The Balaban J connectivity index is 2.81. The van der Waals surface area contributed by atoms with Crippen molar-refractivity contribution in [1.29, 1.82) is 0 Å². The molecular weight excluding hydrogens is 236 g/mol. The summed E-state index contributed by atoms with van der Waals surface area (Å²) in [6.07, 6.45) is 0. The van der Waals surface area contributed by atoms with Crippen molar-refractivity contribution in [1.82, 2.24) is 15.3 Å². The van der Waals surface area contributed by atoms with Crippen molar-refractivity contribution in [2.45, 2.75) is 11.9 Å². The number of thioether (sulfide) groups is 1. The minimum Gasteiger partial charge on any atom is -0.368 e. The van der Waals surface area contributed by atoms with E-state index in [2.05, 4.69) is 15.3 Å². The van der Waals surface area contributed by atoms with Crippen LogP contribution < -0.4 is 11.1 Å². The largest absolute Gasteiger partial charge is 0.368 e. The Bertz CT molecular complexity index is 385. The van der Waals surface area contributed by atoms with E-state index in [1.807, 2.05) is 0 Å². The fourth-order valence-corrected chi connectivity index (χ4v) is 1.95. The lowest BCUT2D eigenvalue weighted by Crippen LogP contribution is -2.19. The Morgan fingerprint density at radius 1 is 1.60 bits per heavy atom. The molecule has 0 atom stereocenters. The van der Waals surface area contributed by atoms with E-state index in [-0.39, 0.29) is 17.6 Å². The molecular formula is C8H11ClN4OS. The van der Waals surface area contributed by atoms with Gasteiger partial charge in [-0.2, -0.15) is 0 Å². The van der Waals surface area contributed by atoms with Crippen molar-refractivity contribution >= 4 is 35.2 Å². The molecule has 15 heavy (non-hydrogen) atoms. The maximum Gasteiger partial charge on any atom is 0.230 e. The van der Waals surface area contributed by atoms with Crippen LogP contribution >= 0.6 is 23.4 Å². The highest BCUT2D eigenvalue weighted by Crippen LogP contribution is 2.27. The first-order chi connectivity index (χ1) is 7.04. The molecule has 1 aromatic heterocycles. The Morgan fingerprint density at radius 3 is 2.87 bits per heavy atom. The molecule has 0 radical (unpaired) electrons. The van der Waals surface area contributed by atoms with Crippen LogP contribution in [-0.4, -0.2) is 28.7 Å². The number of nitrogen functional groups attached to an aromatic ring is 1. The van der Waals surface area contributed by atoms with Gasteiger partial charge in [0.25, 0.3) is 0 Å². The third-order valence-electron chi connectivity index (χ3n) is 1.62. The van der Waals surface area contributed by atoms with Crippen molar-refractivity contribution < 1.29 is 4.79 Å². The summed E-state index contributed by atoms with van der Waals surface area (Å²) < 4.78 is 0. The van der Waals surface area contributed by atoms with Crippen LogP contribution in [0.3, 0.4) is 0 Å². The molecule has 0 aliphatic rings. The molecule has 7 heteroatoms. The summed E-state index contributed by atoms with van der Waals surface area (Å²) in [5, 5.41) is 3.48. The average molecular weight is 247 g/mol. The summed E-state index contributed by atoms with van der Waals surface area (Å²) in [6.45, 7) is 1.74. The maximum atomic E-state index is 11.0. The number of nitrogens with zero attached hydrogens (tertiary/aromatic N) is 2. The van der Waals surface area contributed by atoms with Crippen LogP contribution in [0.25, 0.3) is 0 Å². The monoisotopic (exact) mass is 246 g/mol. The summed E-state index contributed by atoms with van der Waals surface area (Å²) in [7, 11) is 1.57. The smallest absolute Gasteiger partial charge is 0.230 e. The van der Waals surface area contributed by atoms with Gasteiger partial charge >= 0.3 is 0 Å². The quantitative estimate of drug-likeness (QED) is 0.611. The van der Waals surface area contributed by atoms with E-state index < -0.39 is 0 Å². The predicted molar refractivity (Wildman–Crippen MR) is 61.0 cm³/mol. The van der Waals surface area contributed by atoms with Crippen LogP contribution in [0.1, 0.15) is 5.69 Å². The van der Waals surface area contributed by atoms with Crippen LogP contribution in [-0.2, 0) is 4.79 Å². The Labute approximate surface area is 96.8 Å². The third-order valence-corrected chi connectivity index (χ3v) is 3.16. The lowest BCUT2D eigenvalue weighted by Gasteiger charge is -2.05. The lowest BCUT2D eigenvalue weighted by molar-refractivity contribution is -0.118. The zero-order chi connectivity index (χ0) is 11.4. The number of carbonyl (C=O) groups is 1. The number of carbonyl (C=O) groups excluding carboxylic acids is 1. The second kappa shape index (κ2) is 5.18. The van der Waals surface area contributed by atoms with Crippen molar-refractivity contribution in [3.63, 3.8) is 0 Å². The van der Waals surface area contributed by atoms with Gasteiger partial charge in [-0.25, -0.2) is 9.97 Å². The molecule has 1 aromatic rings. The third kappa shape index (κ3) is 3.24. The molecule has 0 bridgehead atoms. The fourth-order valence-electron chi connectivity index (χ4n) is 0.855. The number of amides is 1. The summed E-state index contributed by atoms with van der Waals surface area (Å²) >= 11 is 7.19. The standard InChI is InChI=1S/C8H11ClN4OS/c1-4-6(9)7(13-8(10)12-4)15-3-5(14)11-2/h3H2,1-2H3,(H,11,14)(H2,10,12,13). The normalized spacial score (nSPS) is 10.1. The van der Waals surface area contributed by atoms with Crippen LogP contribution in [0.5, 0.6) is 0 Å². The van der Waals surface area contributed by atoms with Gasteiger partial charge in [0.15, 0.2) is 0 Å². The minimum atomic E-state index is -0.0918. The van der Waals surface area contributed by atoms with Crippen LogP contribution in [0.15, 0.2) is 5.03 Å². The van der Waals surface area contributed by atoms with Gasteiger partial charge < -0.3 is 11.1 Å². The Morgan fingerprint density at radius 2 is 2.27 bits per heavy atom. The number of hydrogen-bond acceptors (Lipinski definition) is 5. The number of hydrogen-bond donors (Lipinski definition) is 2. The van der Waals surface area contributed by atoms with E-state index in [0.29, 0.717) is 15.7 Å².